The Morgan fingerprint density at radius 3 is 2.32 bits per heavy atom. The highest BCUT2D eigenvalue weighted by Crippen LogP contribution is 2.35. The van der Waals surface area contributed by atoms with Gasteiger partial charge in [-0.15, -0.1) is 11.8 Å². The van der Waals surface area contributed by atoms with E-state index in [0.29, 0.717) is 0 Å². The van der Waals surface area contributed by atoms with Crippen molar-refractivity contribution in [3.63, 3.8) is 0 Å². The van der Waals surface area contributed by atoms with E-state index in [4.69, 9.17) is 0 Å². The average Bonchev–Trinajstić information content (AvgIpc) is 3.05. The number of carbonyl (C=O) groups is 1. The summed E-state index contributed by atoms with van der Waals surface area (Å²) in [7, 11) is -2.33. The summed E-state index contributed by atoms with van der Waals surface area (Å²) in [5.74, 6) is -2.82. The maximum atomic E-state index is 14.7. The number of amidine groups is 1. The third-order valence-electron chi connectivity index (χ3n) is 5.72. The number of thioether (sulfide) groups is 1. The van der Waals surface area contributed by atoms with E-state index in [-0.39, 0.29) is 10.8 Å². The molecule has 1 aromatic carbocycles. The molecule has 0 bridgehead atoms. The molecule has 2 rings (SSSR count). The summed E-state index contributed by atoms with van der Waals surface area (Å²) in [6.45, 7) is 2.65. The van der Waals surface area contributed by atoms with Gasteiger partial charge in [-0.1, -0.05) is 0 Å². The van der Waals surface area contributed by atoms with E-state index in [1.165, 1.54) is 13.8 Å². The predicted molar refractivity (Wildman–Crippen MR) is 120 cm³/mol. The molecule has 0 spiro atoms. The lowest BCUT2D eigenvalue weighted by atomic mass is 10.1. The molecule has 0 N–H and O–H groups in total. The number of amides is 1. The normalized spacial score (nSPS) is 23.1. The molecule has 1 aliphatic heterocycles. The Labute approximate surface area is 200 Å². The Kier molecular flexibility index (Phi) is 8.97. The molecule has 34 heavy (non-hydrogen) atoms. The van der Waals surface area contributed by atoms with Gasteiger partial charge in [0.25, 0.3) is 0 Å². The Morgan fingerprint density at radius 1 is 1.29 bits per heavy atom. The van der Waals surface area contributed by atoms with Crippen molar-refractivity contribution in [2.75, 3.05) is 26.2 Å². The summed E-state index contributed by atoms with van der Waals surface area (Å²) < 4.78 is 95.4. The van der Waals surface area contributed by atoms with Gasteiger partial charge < -0.3 is 9.80 Å². The fourth-order valence-corrected chi connectivity index (χ4v) is 6.26. The molecule has 1 amide bonds. The van der Waals surface area contributed by atoms with Crippen molar-refractivity contribution >= 4 is 33.5 Å². The number of sulfonamides is 1. The summed E-state index contributed by atoms with van der Waals surface area (Å²) in [5.41, 5.74) is 0. The summed E-state index contributed by atoms with van der Waals surface area (Å²) in [6, 6.07) is 1.17. The van der Waals surface area contributed by atoms with Gasteiger partial charge in [-0.3, -0.25) is 9.79 Å². The molecule has 1 fully saturated rings. The third-order valence-corrected chi connectivity index (χ3v) is 8.26. The van der Waals surface area contributed by atoms with Gasteiger partial charge in [0.15, 0.2) is 0 Å². The topological polar surface area (TPSA) is 73.3 Å². The van der Waals surface area contributed by atoms with Crippen LogP contribution in [0.1, 0.15) is 20.3 Å². The monoisotopic (exact) mass is 530 g/mol. The minimum absolute atomic E-state index is 0.0779. The molecule has 1 heterocycles. The van der Waals surface area contributed by atoms with Crippen molar-refractivity contribution in [2.24, 2.45) is 4.99 Å². The number of carbonyl (C=O) groups excluding carboxylic acids is 1. The van der Waals surface area contributed by atoms with Gasteiger partial charge >= 0.3 is 6.18 Å². The highest BCUT2D eigenvalue weighted by Gasteiger charge is 2.51. The molecule has 1 aliphatic rings. The second-order valence-corrected chi connectivity index (χ2v) is 10.5. The van der Waals surface area contributed by atoms with Crippen LogP contribution >= 0.6 is 11.8 Å². The van der Waals surface area contributed by atoms with Crippen molar-refractivity contribution in [3.8, 4) is 0 Å². The third kappa shape index (κ3) is 5.65. The van der Waals surface area contributed by atoms with Gasteiger partial charge in [0.2, 0.25) is 21.8 Å². The van der Waals surface area contributed by atoms with Gasteiger partial charge in [0, 0.05) is 20.5 Å². The molecule has 1 aromatic rings. The smallest absolute Gasteiger partial charge is 0.336 e. The van der Waals surface area contributed by atoms with Crippen molar-refractivity contribution in [2.45, 2.75) is 55.8 Å². The minimum Gasteiger partial charge on any atom is -0.336 e. The van der Waals surface area contributed by atoms with E-state index in [1.54, 1.807) is 6.26 Å². The number of aliphatic imine (C=N–C) groups is 1. The Balaban J connectivity index is 2.46. The summed E-state index contributed by atoms with van der Waals surface area (Å²) >= 11 is 1.13. The van der Waals surface area contributed by atoms with Crippen LogP contribution in [0.2, 0.25) is 0 Å². The predicted octanol–water partition coefficient (Wildman–Crippen LogP) is 3.33. The number of rotatable bonds is 7. The lowest BCUT2D eigenvalue weighted by molar-refractivity contribution is -0.138. The van der Waals surface area contributed by atoms with Crippen LogP contribution in [0.3, 0.4) is 0 Å². The summed E-state index contributed by atoms with van der Waals surface area (Å²) in [6.07, 6.45) is -6.49. The number of hydrogen-bond acceptors (Lipinski definition) is 5. The molecule has 0 aliphatic carbocycles. The molecular weight excluding hydrogens is 503 g/mol. The number of hydrogen-bond donors (Lipinski definition) is 0. The molecule has 7 nitrogen and oxygen atoms in total. The maximum Gasteiger partial charge on any atom is 0.449 e. The van der Waals surface area contributed by atoms with E-state index >= 15 is 0 Å². The lowest BCUT2D eigenvalue weighted by Gasteiger charge is -2.39. The van der Waals surface area contributed by atoms with Crippen molar-refractivity contribution in [3.05, 3.63) is 30.1 Å². The first-order valence-electron chi connectivity index (χ1n) is 10.2. The molecule has 4 atom stereocenters. The standard InChI is InChI=1S/C20H27F5N4O3S2/c1-12-16(22)10-17(29(12)34(31,32)15-8-6-14(21)7-9-15)18(30)28(11-33-5)13(2)27(4)19(26-3)20(23,24)25/h6-9,12-13,16-17H,10-11H2,1-5H3/t12-,13?,16+,17-/m0/s1. The number of nitrogens with zero attached hydrogens (tertiary/aromatic N) is 4. The Bertz CT molecular complexity index is 1000. The van der Waals surface area contributed by atoms with Crippen LogP contribution in [0, 0.1) is 5.82 Å². The Hall–Kier alpha value is -1.93. The molecule has 1 unspecified atom stereocenters. The van der Waals surface area contributed by atoms with E-state index in [1.807, 2.05) is 0 Å². The van der Waals surface area contributed by atoms with Crippen LogP contribution in [0.5, 0.6) is 0 Å². The van der Waals surface area contributed by atoms with Crippen LogP contribution in [0.4, 0.5) is 22.0 Å². The second kappa shape index (κ2) is 10.8. The fraction of sp³-hybridized carbons (Fsp3) is 0.600. The molecule has 0 saturated carbocycles. The van der Waals surface area contributed by atoms with Gasteiger partial charge in [-0.2, -0.15) is 17.5 Å². The summed E-state index contributed by atoms with van der Waals surface area (Å²) in [4.78, 5) is 18.3. The van der Waals surface area contributed by atoms with Gasteiger partial charge in [0.1, 0.15) is 24.2 Å². The molecule has 1 saturated heterocycles. The van der Waals surface area contributed by atoms with Crippen LogP contribution in [0.15, 0.2) is 34.2 Å². The first-order valence-corrected chi connectivity index (χ1v) is 13.0. The van der Waals surface area contributed by atoms with Crippen molar-refractivity contribution in [1.29, 1.82) is 0 Å². The quantitative estimate of drug-likeness (QED) is 0.234. The lowest BCUT2D eigenvalue weighted by Crippen LogP contribution is -2.57. The SMILES string of the molecule is CN=C(N(C)C(C)N(CSC)C(=O)[C@@H]1C[C@@H](F)[C@H](C)N1S(=O)(=O)c1ccc(F)cc1)C(F)(F)F. The van der Waals surface area contributed by atoms with Crippen molar-refractivity contribution in [1.82, 2.24) is 14.1 Å². The van der Waals surface area contributed by atoms with E-state index in [9.17, 15) is 35.2 Å². The van der Waals surface area contributed by atoms with E-state index in [0.717, 1.165) is 64.2 Å². The van der Waals surface area contributed by atoms with Crippen molar-refractivity contribution < 1.29 is 35.2 Å². The van der Waals surface area contributed by atoms with Gasteiger partial charge in [0.05, 0.1) is 16.8 Å². The molecule has 0 aromatic heterocycles. The zero-order chi connectivity index (χ0) is 26.0. The second-order valence-electron chi connectivity index (χ2n) is 7.81. The number of halogens is 5. The zero-order valence-electron chi connectivity index (χ0n) is 19.3. The van der Waals surface area contributed by atoms with Gasteiger partial charge in [-0.25, -0.2) is 17.2 Å². The van der Waals surface area contributed by atoms with Crippen LogP contribution in [0.25, 0.3) is 0 Å². The molecule has 14 heteroatoms. The van der Waals surface area contributed by atoms with Gasteiger partial charge in [-0.05, 0) is 44.4 Å². The van der Waals surface area contributed by atoms with Crippen LogP contribution in [-0.2, 0) is 14.8 Å². The van der Waals surface area contributed by atoms with Crippen LogP contribution < -0.4 is 0 Å². The largest absolute Gasteiger partial charge is 0.449 e. The van der Waals surface area contributed by atoms with Crippen LogP contribution in [-0.4, -0.2) is 91.1 Å². The Morgan fingerprint density at radius 2 is 1.85 bits per heavy atom. The maximum absolute atomic E-state index is 14.7. The van der Waals surface area contributed by atoms with E-state index in [2.05, 4.69) is 4.99 Å². The number of alkyl halides is 4. The first kappa shape index (κ1) is 28.3. The zero-order valence-corrected chi connectivity index (χ0v) is 20.9. The highest BCUT2D eigenvalue weighted by molar-refractivity contribution is 7.98. The summed E-state index contributed by atoms with van der Waals surface area (Å²) in [5, 5.41) is 0. The van der Waals surface area contributed by atoms with E-state index < -0.39 is 64.6 Å². The fourth-order valence-electron chi connectivity index (χ4n) is 3.84. The first-order chi connectivity index (χ1) is 15.7. The number of benzene rings is 1. The molecule has 0 radical (unpaired) electrons. The highest BCUT2D eigenvalue weighted by atomic mass is 32.2. The average molecular weight is 531 g/mol. The molecule has 192 valence electrons. The minimum atomic E-state index is -4.78. The molecular formula is C20H27F5N4O3S2.